The Balaban J connectivity index is 2.87. The monoisotopic (exact) mass is 204 g/mol. The van der Waals surface area contributed by atoms with Crippen LogP contribution < -0.4 is 10.9 Å². The van der Waals surface area contributed by atoms with Crippen LogP contribution in [0, 0.1) is 0 Å². The zero-order valence-corrected chi connectivity index (χ0v) is 8.66. The van der Waals surface area contributed by atoms with E-state index in [1.807, 2.05) is 13.0 Å². The summed E-state index contributed by atoms with van der Waals surface area (Å²) in [5, 5.41) is 3.50. The number of pyridine rings is 1. The average molecular weight is 204 g/mol. The van der Waals surface area contributed by atoms with Crippen LogP contribution in [0.3, 0.4) is 0 Å². The number of nitrogens with zero attached hydrogens (tertiary/aromatic N) is 2. The van der Waals surface area contributed by atoms with Crippen LogP contribution in [0.25, 0.3) is 11.0 Å². The number of nitrogens with one attached hydrogen (secondary N) is 2. The van der Waals surface area contributed by atoms with Crippen LogP contribution in [0.1, 0.15) is 12.6 Å². The quantitative estimate of drug-likeness (QED) is 0.763. The van der Waals surface area contributed by atoms with E-state index >= 15 is 0 Å². The molecule has 0 bridgehead atoms. The van der Waals surface area contributed by atoms with Gasteiger partial charge in [-0.2, -0.15) is 0 Å². The molecule has 0 fully saturated rings. The molecule has 0 aliphatic rings. The van der Waals surface area contributed by atoms with E-state index in [2.05, 4.69) is 20.3 Å². The number of hydrogen-bond acceptors (Lipinski definition) is 4. The molecule has 0 spiro atoms. The first-order chi connectivity index (χ1) is 7.26. The van der Waals surface area contributed by atoms with Gasteiger partial charge in [0.2, 0.25) is 0 Å². The van der Waals surface area contributed by atoms with Crippen molar-refractivity contribution in [2.45, 2.75) is 13.3 Å². The number of hydrogen-bond donors (Lipinski definition) is 2. The van der Waals surface area contributed by atoms with Crippen molar-refractivity contribution in [3.05, 3.63) is 28.4 Å². The highest BCUT2D eigenvalue weighted by Crippen LogP contribution is 2.17. The Labute approximate surface area is 86.6 Å². The van der Waals surface area contributed by atoms with E-state index in [1.165, 1.54) is 6.33 Å². The van der Waals surface area contributed by atoms with Gasteiger partial charge in [0.15, 0.2) is 5.65 Å². The number of H-pyrrole nitrogens is 1. The second-order valence-electron chi connectivity index (χ2n) is 3.19. The highest BCUT2D eigenvalue weighted by molar-refractivity contribution is 5.87. The lowest BCUT2D eigenvalue weighted by molar-refractivity contribution is 1.03. The fourth-order valence-corrected chi connectivity index (χ4v) is 1.50. The summed E-state index contributed by atoms with van der Waals surface area (Å²) >= 11 is 0. The molecule has 2 heterocycles. The first-order valence-electron chi connectivity index (χ1n) is 4.81. The van der Waals surface area contributed by atoms with E-state index in [-0.39, 0.29) is 5.56 Å². The zero-order chi connectivity index (χ0) is 10.8. The second-order valence-corrected chi connectivity index (χ2v) is 3.19. The van der Waals surface area contributed by atoms with Gasteiger partial charge in [-0.05, 0) is 12.5 Å². The summed E-state index contributed by atoms with van der Waals surface area (Å²) in [6.45, 7) is 2.01. The topological polar surface area (TPSA) is 70.7 Å². The Morgan fingerprint density at radius 1 is 1.53 bits per heavy atom. The third-order valence-electron chi connectivity index (χ3n) is 2.29. The lowest BCUT2D eigenvalue weighted by Crippen LogP contribution is -2.10. The molecule has 0 aromatic carbocycles. The van der Waals surface area contributed by atoms with Gasteiger partial charge < -0.3 is 10.3 Å². The smallest absolute Gasteiger partial charge is 0.262 e. The number of rotatable bonds is 2. The fourth-order valence-electron chi connectivity index (χ4n) is 1.50. The Bertz CT molecular complexity index is 547. The molecule has 2 aromatic heterocycles. The molecular weight excluding hydrogens is 192 g/mol. The van der Waals surface area contributed by atoms with Crippen molar-refractivity contribution >= 4 is 16.7 Å². The molecule has 0 unspecified atom stereocenters. The SMILES string of the molecule is CCc1cc(NC)c2c(=O)[nH]cnc2n1. The molecule has 0 aliphatic carbocycles. The Kier molecular flexibility index (Phi) is 2.37. The molecule has 2 aromatic rings. The third kappa shape index (κ3) is 1.56. The van der Waals surface area contributed by atoms with Gasteiger partial charge in [0.05, 0.1) is 12.0 Å². The first-order valence-corrected chi connectivity index (χ1v) is 4.81. The van der Waals surface area contributed by atoms with Gasteiger partial charge in [0.1, 0.15) is 5.39 Å². The molecule has 2 N–H and O–H groups in total. The zero-order valence-electron chi connectivity index (χ0n) is 8.66. The van der Waals surface area contributed by atoms with E-state index in [0.717, 1.165) is 17.8 Å². The highest BCUT2D eigenvalue weighted by Gasteiger charge is 2.07. The highest BCUT2D eigenvalue weighted by atomic mass is 16.1. The molecule has 0 saturated heterocycles. The summed E-state index contributed by atoms with van der Waals surface area (Å²) in [6.07, 6.45) is 2.19. The van der Waals surface area contributed by atoms with E-state index in [4.69, 9.17) is 0 Å². The van der Waals surface area contributed by atoms with Crippen LogP contribution in [0.15, 0.2) is 17.2 Å². The number of aromatic amines is 1. The molecule has 78 valence electrons. The van der Waals surface area contributed by atoms with Crippen molar-refractivity contribution in [2.24, 2.45) is 0 Å². The molecule has 0 radical (unpaired) electrons. The van der Waals surface area contributed by atoms with E-state index in [0.29, 0.717) is 11.0 Å². The van der Waals surface area contributed by atoms with Gasteiger partial charge >= 0.3 is 0 Å². The van der Waals surface area contributed by atoms with Crippen molar-refractivity contribution in [3.8, 4) is 0 Å². The van der Waals surface area contributed by atoms with Crippen LogP contribution in [0.4, 0.5) is 5.69 Å². The fraction of sp³-hybridized carbons (Fsp3) is 0.300. The molecule has 0 amide bonds. The predicted octanol–water partition coefficient (Wildman–Crippen LogP) is 0.922. The van der Waals surface area contributed by atoms with E-state index in [9.17, 15) is 4.79 Å². The number of fused-ring (bicyclic) bond motifs is 1. The van der Waals surface area contributed by atoms with Crippen molar-refractivity contribution in [3.63, 3.8) is 0 Å². The first kappa shape index (κ1) is 9.64. The summed E-state index contributed by atoms with van der Waals surface area (Å²) in [7, 11) is 1.78. The van der Waals surface area contributed by atoms with Crippen LogP contribution >= 0.6 is 0 Å². The standard InChI is InChI=1S/C10H12N4O/c1-3-6-4-7(11-2)8-9(14-6)12-5-13-10(8)15/h4-5H,3H2,1-2H3,(H2,11,12,13,14,15). The summed E-state index contributed by atoms with van der Waals surface area (Å²) in [4.78, 5) is 22.5. The summed E-state index contributed by atoms with van der Waals surface area (Å²) in [5.74, 6) is 0. The minimum absolute atomic E-state index is 0.167. The normalized spacial score (nSPS) is 10.5. The molecule has 5 heteroatoms. The van der Waals surface area contributed by atoms with Gasteiger partial charge in [-0.15, -0.1) is 0 Å². The maximum atomic E-state index is 11.6. The van der Waals surface area contributed by atoms with Crippen molar-refractivity contribution in [1.29, 1.82) is 0 Å². The molecule has 2 rings (SSSR count). The number of aryl methyl sites for hydroxylation is 1. The van der Waals surface area contributed by atoms with Crippen molar-refractivity contribution in [2.75, 3.05) is 12.4 Å². The molecule has 0 saturated carbocycles. The van der Waals surface area contributed by atoms with Crippen LogP contribution in [0.5, 0.6) is 0 Å². The summed E-state index contributed by atoms with van der Waals surface area (Å²) < 4.78 is 0. The van der Waals surface area contributed by atoms with Crippen LogP contribution in [-0.4, -0.2) is 22.0 Å². The molecule has 0 aliphatic heterocycles. The molecular formula is C10H12N4O. The van der Waals surface area contributed by atoms with Crippen LogP contribution in [-0.2, 0) is 6.42 Å². The Hall–Kier alpha value is -1.91. The van der Waals surface area contributed by atoms with Gasteiger partial charge in [-0.25, -0.2) is 9.97 Å². The predicted molar refractivity (Wildman–Crippen MR) is 59.1 cm³/mol. The third-order valence-corrected chi connectivity index (χ3v) is 2.29. The van der Waals surface area contributed by atoms with Crippen molar-refractivity contribution in [1.82, 2.24) is 15.0 Å². The minimum Gasteiger partial charge on any atom is -0.387 e. The maximum Gasteiger partial charge on any atom is 0.262 e. The molecule has 0 atom stereocenters. The largest absolute Gasteiger partial charge is 0.387 e. The number of anilines is 1. The summed E-state index contributed by atoms with van der Waals surface area (Å²) in [6, 6.07) is 1.87. The Morgan fingerprint density at radius 3 is 3.00 bits per heavy atom. The van der Waals surface area contributed by atoms with Crippen LogP contribution in [0.2, 0.25) is 0 Å². The van der Waals surface area contributed by atoms with E-state index < -0.39 is 0 Å². The molecule has 5 nitrogen and oxygen atoms in total. The maximum absolute atomic E-state index is 11.6. The van der Waals surface area contributed by atoms with E-state index in [1.54, 1.807) is 7.05 Å². The minimum atomic E-state index is -0.167. The Morgan fingerprint density at radius 2 is 2.33 bits per heavy atom. The molecule has 15 heavy (non-hydrogen) atoms. The van der Waals surface area contributed by atoms with Gasteiger partial charge in [-0.3, -0.25) is 4.79 Å². The summed E-state index contributed by atoms with van der Waals surface area (Å²) in [5.41, 5.74) is 2.01. The van der Waals surface area contributed by atoms with Gasteiger partial charge in [-0.1, -0.05) is 6.92 Å². The average Bonchev–Trinajstić information content (AvgIpc) is 2.27. The van der Waals surface area contributed by atoms with Gasteiger partial charge in [0, 0.05) is 12.7 Å². The number of aromatic nitrogens is 3. The van der Waals surface area contributed by atoms with Gasteiger partial charge in [0.25, 0.3) is 5.56 Å². The lowest BCUT2D eigenvalue weighted by Gasteiger charge is -2.05. The van der Waals surface area contributed by atoms with Crippen molar-refractivity contribution < 1.29 is 0 Å². The second kappa shape index (κ2) is 3.68. The lowest BCUT2D eigenvalue weighted by atomic mass is 10.2.